The SMILES string of the molecule is Cc1ccc(C(c2c(C)[nH]c3ccccc23)C2C(=O)N(C)C(=O)N(C)C2=O)cc1. The molecule has 4 rings (SSSR count). The average Bonchev–Trinajstić information content (AvgIpc) is 3.04. The zero-order chi connectivity index (χ0) is 20.9. The fraction of sp³-hybridized carbons (Fsp3) is 0.261. The molecular weight excluding hydrogens is 366 g/mol. The van der Waals surface area contributed by atoms with Crippen molar-refractivity contribution in [3.63, 3.8) is 0 Å². The predicted molar refractivity (Wildman–Crippen MR) is 110 cm³/mol. The molecule has 3 aromatic rings. The minimum atomic E-state index is -1.01. The number of carbonyl (C=O) groups excluding carboxylic acids is 3. The number of carbonyl (C=O) groups is 3. The van der Waals surface area contributed by atoms with Crippen molar-refractivity contribution in [2.24, 2.45) is 5.92 Å². The second-order valence-electron chi connectivity index (χ2n) is 7.65. The number of nitrogens with zero attached hydrogens (tertiary/aromatic N) is 2. The van der Waals surface area contributed by atoms with Crippen LogP contribution in [0.25, 0.3) is 10.9 Å². The van der Waals surface area contributed by atoms with Crippen molar-refractivity contribution in [2.75, 3.05) is 14.1 Å². The van der Waals surface area contributed by atoms with E-state index in [-0.39, 0.29) is 0 Å². The number of barbiturate groups is 1. The van der Waals surface area contributed by atoms with Gasteiger partial charge in [-0.3, -0.25) is 19.4 Å². The first kappa shape index (κ1) is 18.9. The van der Waals surface area contributed by atoms with Crippen LogP contribution in [0.1, 0.15) is 28.3 Å². The van der Waals surface area contributed by atoms with Gasteiger partial charge in [0, 0.05) is 36.6 Å². The van der Waals surface area contributed by atoms with E-state index in [1.165, 1.54) is 14.1 Å². The van der Waals surface area contributed by atoms with Gasteiger partial charge in [0.05, 0.1) is 0 Å². The largest absolute Gasteiger partial charge is 0.358 e. The van der Waals surface area contributed by atoms with Gasteiger partial charge in [-0.1, -0.05) is 48.0 Å². The van der Waals surface area contributed by atoms with E-state index in [2.05, 4.69) is 4.98 Å². The van der Waals surface area contributed by atoms with E-state index >= 15 is 0 Å². The quantitative estimate of drug-likeness (QED) is 0.696. The van der Waals surface area contributed by atoms with Gasteiger partial charge in [0.15, 0.2) is 0 Å². The third-order valence-corrected chi connectivity index (χ3v) is 5.79. The van der Waals surface area contributed by atoms with Crippen LogP contribution in [0.15, 0.2) is 48.5 Å². The smallest absolute Gasteiger partial charge is 0.332 e. The standard InChI is InChI=1S/C23H23N3O3/c1-13-9-11-15(12-10-13)19(18-14(2)24-17-8-6-5-7-16(17)18)20-21(27)25(3)23(29)26(4)22(20)28/h5-12,19-20,24H,1-4H3. The summed E-state index contributed by atoms with van der Waals surface area (Å²) in [5.74, 6) is -2.48. The second-order valence-corrected chi connectivity index (χ2v) is 7.65. The first-order valence-electron chi connectivity index (χ1n) is 9.54. The Morgan fingerprint density at radius 3 is 2.07 bits per heavy atom. The molecule has 6 nitrogen and oxygen atoms in total. The first-order valence-corrected chi connectivity index (χ1v) is 9.54. The summed E-state index contributed by atoms with van der Waals surface area (Å²) in [4.78, 5) is 44.0. The molecular formula is C23H23N3O3. The van der Waals surface area contributed by atoms with Crippen LogP contribution in [0.4, 0.5) is 4.79 Å². The van der Waals surface area contributed by atoms with Crippen molar-refractivity contribution in [3.05, 3.63) is 70.9 Å². The van der Waals surface area contributed by atoms with Gasteiger partial charge < -0.3 is 4.98 Å². The fourth-order valence-electron chi connectivity index (χ4n) is 4.22. The summed E-state index contributed by atoms with van der Waals surface area (Å²) in [5.41, 5.74) is 4.72. The highest BCUT2D eigenvalue weighted by Crippen LogP contribution is 2.41. The van der Waals surface area contributed by atoms with Crippen molar-refractivity contribution in [2.45, 2.75) is 19.8 Å². The van der Waals surface area contributed by atoms with Crippen LogP contribution in [-0.4, -0.2) is 46.7 Å². The van der Waals surface area contributed by atoms with Gasteiger partial charge in [-0.25, -0.2) is 4.79 Å². The van der Waals surface area contributed by atoms with Crippen LogP contribution >= 0.6 is 0 Å². The Hall–Kier alpha value is -3.41. The molecule has 1 aliphatic rings. The molecule has 1 fully saturated rings. The van der Waals surface area contributed by atoms with Crippen LogP contribution in [0.5, 0.6) is 0 Å². The molecule has 1 unspecified atom stereocenters. The summed E-state index contributed by atoms with van der Waals surface area (Å²) >= 11 is 0. The van der Waals surface area contributed by atoms with Crippen molar-refractivity contribution >= 4 is 28.7 Å². The fourth-order valence-corrected chi connectivity index (χ4v) is 4.22. The first-order chi connectivity index (χ1) is 13.8. The third-order valence-electron chi connectivity index (χ3n) is 5.79. The number of benzene rings is 2. The molecule has 29 heavy (non-hydrogen) atoms. The number of fused-ring (bicyclic) bond motifs is 1. The highest BCUT2D eigenvalue weighted by atomic mass is 16.2. The topological polar surface area (TPSA) is 73.5 Å². The molecule has 2 heterocycles. The number of aromatic nitrogens is 1. The molecule has 1 saturated heterocycles. The normalized spacial score (nSPS) is 16.8. The van der Waals surface area contributed by atoms with E-state index in [9.17, 15) is 14.4 Å². The summed E-state index contributed by atoms with van der Waals surface area (Å²) in [5, 5.41) is 0.971. The van der Waals surface area contributed by atoms with Crippen LogP contribution < -0.4 is 0 Å². The Balaban J connectivity index is 1.98. The number of para-hydroxylation sites is 1. The second kappa shape index (κ2) is 6.88. The lowest BCUT2D eigenvalue weighted by atomic mass is 9.77. The average molecular weight is 389 g/mol. The molecule has 1 aromatic heterocycles. The van der Waals surface area contributed by atoms with Gasteiger partial charge in [0.25, 0.3) is 0 Å². The molecule has 0 saturated carbocycles. The van der Waals surface area contributed by atoms with Gasteiger partial charge >= 0.3 is 6.03 Å². The number of hydrogen-bond acceptors (Lipinski definition) is 3. The molecule has 2 aromatic carbocycles. The van der Waals surface area contributed by atoms with Crippen molar-refractivity contribution in [1.82, 2.24) is 14.8 Å². The van der Waals surface area contributed by atoms with E-state index in [1.54, 1.807) is 0 Å². The molecule has 0 aliphatic carbocycles. The summed E-state index contributed by atoms with van der Waals surface area (Å²) in [7, 11) is 2.85. The van der Waals surface area contributed by atoms with Gasteiger partial charge in [0.2, 0.25) is 11.8 Å². The Kier molecular flexibility index (Phi) is 4.49. The summed E-state index contributed by atoms with van der Waals surface area (Å²) in [6.45, 7) is 3.94. The van der Waals surface area contributed by atoms with Crippen molar-refractivity contribution in [1.29, 1.82) is 0 Å². The van der Waals surface area contributed by atoms with E-state index in [1.807, 2.05) is 62.4 Å². The number of rotatable bonds is 3. The lowest BCUT2D eigenvalue weighted by Gasteiger charge is -2.37. The number of H-pyrrole nitrogens is 1. The number of aryl methyl sites for hydroxylation is 2. The Bertz CT molecular complexity index is 1110. The minimum absolute atomic E-state index is 0.478. The van der Waals surface area contributed by atoms with Crippen LogP contribution in [0, 0.1) is 19.8 Å². The molecule has 0 spiro atoms. The van der Waals surface area contributed by atoms with E-state index < -0.39 is 29.7 Å². The summed E-state index contributed by atoms with van der Waals surface area (Å²) in [6, 6.07) is 15.1. The molecule has 6 heteroatoms. The summed E-state index contributed by atoms with van der Waals surface area (Å²) < 4.78 is 0. The van der Waals surface area contributed by atoms with E-state index in [0.717, 1.165) is 43.1 Å². The van der Waals surface area contributed by atoms with Gasteiger partial charge in [-0.05, 0) is 31.0 Å². The predicted octanol–water partition coefficient (Wildman–Crippen LogP) is 3.58. The monoisotopic (exact) mass is 389 g/mol. The maximum absolute atomic E-state index is 13.2. The highest BCUT2D eigenvalue weighted by Gasteiger charge is 2.48. The lowest BCUT2D eigenvalue weighted by molar-refractivity contribution is -0.148. The molecule has 1 N–H and O–H groups in total. The number of aromatic amines is 1. The number of nitrogens with one attached hydrogen (secondary N) is 1. The van der Waals surface area contributed by atoms with E-state index in [0.29, 0.717) is 0 Å². The highest BCUT2D eigenvalue weighted by molar-refractivity contribution is 6.16. The van der Waals surface area contributed by atoms with Crippen molar-refractivity contribution < 1.29 is 14.4 Å². The number of amides is 4. The minimum Gasteiger partial charge on any atom is -0.358 e. The summed E-state index contributed by atoms with van der Waals surface area (Å²) in [6.07, 6.45) is 0. The van der Waals surface area contributed by atoms with E-state index in [4.69, 9.17) is 0 Å². The zero-order valence-electron chi connectivity index (χ0n) is 16.9. The van der Waals surface area contributed by atoms with Gasteiger partial charge in [-0.2, -0.15) is 0 Å². The Morgan fingerprint density at radius 2 is 1.45 bits per heavy atom. The van der Waals surface area contributed by atoms with Crippen LogP contribution in [0.2, 0.25) is 0 Å². The maximum Gasteiger partial charge on any atom is 0.332 e. The van der Waals surface area contributed by atoms with Crippen LogP contribution in [-0.2, 0) is 9.59 Å². The number of urea groups is 1. The molecule has 148 valence electrons. The molecule has 0 radical (unpaired) electrons. The maximum atomic E-state index is 13.2. The molecule has 4 amide bonds. The van der Waals surface area contributed by atoms with Crippen molar-refractivity contribution in [3.8, 4) is 0 Å². The molecule has 1 atom stereocenters. The third kappa shape index (κ3) is 2.92. The lowest BCUT2D eigenvalue weighted by Crippen LogP contribution is -2.58. The zero-order valence-corrected chi connectivity index (χ0v) is 16.9. The van der Waals surface area contributed by atoms with Crippen LogP contribution in [0.3, 0.4) is 0 Å². The van der Waals surface area contributed by atoms with Gasteiger partial charge in [0.1, 0.15) is 5.92 Å². The molecule has 1 aliphatic heterocycles. The Labute approximate surface area is 169 Å². The Morgan fingerprint density at radius 1 is 0.862 bits per heavy atom. The number of hydrogen-bond donors (Lipinski definition) is 1. The van der Waals surface area contributed by atoms with Gasteiger partial charge in [-0.15, -0.1) is 0 Å². The molecule has 0 bridgehead atoms. The number of imide groups is 2.